The van der Waals surface area contributed by atoms with Crippen LogP contribution in [-0.4, -0.2) is 76.0 Å². The lowest BCUT2D eigenvalue weighted by Gasteiger charge is -2.36. The molecule has 2 unspecified atom stereocenters. The minimum Gasteiger partial charge on any atom is -0.373 e. The first kappa shape index (κ1) is 23.7. The van der Waals surface area contributed by atoms with Gasteiger partial charge in [-0.15, -0.1) is 34.2 Å². The summed E-state index contributed by atoms with van der Waals surface area (Å²) in [6, 6.07) is 21.1. The fourth-order valence-electron chi connectivity index (χ4n) is 4.62. The minimum atomic E-state index is 0. The summed E-state index contributed by atoms with van der Waals surface area (Å²) in [6.45, 7) is 4.95. The van der Waals surface area contributed by atoms with Crippen molar-refractivity contribution in [1.82, 2.24) is 29.9 Å². The highest BCUT2D eigenvalue weighted by Crippen LogP contribution is 2.24. The van der Waals surface area contributed by atoms with Crippen LogP contribution < -0.4 is 5.32 Å². The van der Waals surface area contributed by atoms with Gasteiger partial charge in [-0.05, 0) is 17.7 Å². The van der Waals surface area contributed by atoms with Crippen LogP contribution in [0.1, 0.15) is 11.4 Å². The molecule has 3 aromatic rings. The van der Waals surface area contributed by atoms with Crippen molar-refractivity contribution >= 4 is 29.9 Å². The molecule has 8 nitrogen and oxygen atoms in total. The maximum absolute atomic E-state index is 6.13. The molecule has 174 valence electrons. The largest absolute Gasteiger partial charge is 0.373 e. The van der Waals surface area contributed by atoms with Gasteiger partial charge < -0.3 is 15.0 Å². The second-order valence-corrected chi connectivity index (χ2v) is 8.19. The van der Waals surface area contributed by atoms with Crippen molar-refractivity contribution in [2.75, 3.05) is 33.3 Å². The molecule has 2 saturated heterocycles. The fourth-order valence-corrected chi connectivity index (χ4v) is 4.62. The Morgan fingerprint density at radius 2 is 1.85 bits per heavy atom. The van der Waals surface area contributed by atoms with Gasteiger partial charge in [-0.25, -0.2) is 0 Å². The Morgan fingerprint density at radius 1 is 1.09 bits per heavy atom. The summed E-state index contributed by atoms with van der Waals surface area (Å²) in [5, 5.41) is 11.9. The van der Waals surface area contributed by atoms with Crippen molar-refractivity contribution < 1.29 is 4.74 Å². The molecule has 2 atom stereocenters. The van der Waals surface area contributed by atoms with Gasteiger partial charge >= 0.3 is 0 Å². The molecule has 2 aromatic carbocycles. The first-order chi connectivity index (χ1) is 15.8. The highest BCUT2D eigenvalue weighted by atomic mass is 127. The second kappa shape index (κ2) is 11.1. The quantitative estimate of drug-likeness (QED) is 0.295. The zero-order chi connectivity index (χ0) is 21.8. The Balaban J connectivity index is 0.00000259. The average Bonchev–Trinajstić information content (AvgIpc) is 3.49. The molecule has 9 heteroatoms. The van der Waals surface area contributed by atoms with Gasteiger partial charge in [0.15, 0.2) is 11.8 Å². The second-order valence-electron chi connectivity index (χ2n) is 8.19. The number of nitrogens with zero attached hydrogens (tertiary/aromatic N) is 6. The Hall–Kier alpha value is -2.50. The Morgan fingerprint density at radius 3 is 2.61 bits per heavy atom. The number of nitrogens with one attached hydrogen (secondary N) is 1. The number of aromatic nitrogens is 3. The van der Waals surface area contributed by atoms with Gasteiger partial charge in [-0.3, -0.25) is 14.5 Å². The van der Waals surface area contributed by atoms with Crippen molar-refractivity contribution in [3.63, 3.8) is 0 Å². The smallest absolute Gasteiger partial charge is 0.194 e. The van der Waals surface area contributed by atoms with E-state index in [4.69, 9.17) is 4.74 Å². The molecule has 33 heavy (non-hydrogen) atoms. The van der Waals surface area contributed by atoms with Gasteiger partial charge in [0.05, 0.1) is 25.3 Å². The summed E-state index contributed by atoms with van der Waals surface area (Å²) in [6.07, 6.45) is 1.94. The van der Waals surface area contributed by atoms with E-state index in [1.165, 1.54) is 5.56 Å². The van der Waals surface area contributed by atoms with E-state index >= 15 is 0 Å². The maximum Gasteiger partial charge on any atom is 0.194 e. The van der Waals surface area contributed by atoms with Gasteiger partial charge in [0, 0.05) is 38.9 Å². The summed E-state index contributed by atoms with van der Waals surface area (Å²) >= 11 is 0. The fraction of sp³-hybridized carbons (Fsp3) is 0.375. The van der Waals surface area contributed by atoms with Crippen molar-refractivity contribution in [3.8, 4) is 5.69 Å². The normalized spacial score (nSPS) is 20.9. The van der Waals surface area contributed by atoms with E-state index < -0.39 is 0 Å². The number of likely N-dealkylation sites (tertiary alicyclic amines) is 1. The maximum atomic E-state index is 6.13. The van der Waals surface area contributed by atoms with Crippen LogP contribution in [0.25, 0.3) is 5.69 Å². The van der Waals surface area contributed by atoms with Crippen molar-refractivity contribution in [1.29, 1.82) is 0 Å². The number of ether oxygens (including phenoxy) is 1. The number of halogens is 1. The molecule has 0 amide bonds. The predicted octanol–water partition coefficient (Wildman–Crippen LogP) is 2.55. The number of hydrogen-bond acceptors (Lipinski definition) is 5. The van der Waals surface area contributed by atoms with E-state index in [0.29, 0.717) is 12.6 Å². The lowest BCUT2D eigenvalue weighted by atomic mass is 10.1. The van der Waals surface area contributed by atoms with E-state index in [1.54, 1.807) is 6.33 Å². The predicted molar refractivity (Wildman–Crippen MR) is 139 cm³/mol. The molecular weight excluding hydrogens is 529 g/mol. The van der Waals surface area contributed by atoms with E-state index in [2.05, 4.69) is 60.6 Å². The molecule has 0 bridgehead atoms. The summed E-state index contributed by atoms with van der Waals surface area (Å²) in [5.74, 6) is 1.71. The van der Waals surface area contributed by atoms with E-state index in [9.17, 15) is 0 Å². The first-order valence-electron chi connectivity index (χ1n) is 11.1. The van der Waals surface area contributed by atoms with Crippen LogP contribution in [0.2, 0.25) is 0 Å². The number of morpholine rings is 1. The van der Waals surface area contributed by atoms with Crippen molar-refractivity contribution in [2.45, 2.75) is 25.2 Å². The Labute approximate surface area is 211 Å². The van der Waals surface area contributed by atoms with Crippen LogP contribution in [0.4, 0.5) is 0 Å². The molecule has 2 aliphatic heterocycles. The van der Waals surface area contributed by atoms with E-state index in [0.717, 1.165) is 50.3 Å². The zero-order valence-electron chi connectivity index (χ0n) is 18.7. The lowest BCUT2D eigenvalue weighted by molar-refractivity contribution is -0.0502. The molecule has 1 aromatic heterocycles. The van der Waals surface area contributed by atoms with Crippen LogP contribution in [-0.2, 0) is 17.8 Å². The third kappa shape index (κ3) is 5.36. The van der Waals surface area contributed by atoms with E-state index in [-0.39, 0.29) is 30.1 Å². The minimum absolute atomic E-state index is 0. The molecule has 3 heterocycles. The highest BCUT2D eigenvalue weighted by Gasteiger charge is 2.41. The van der Waals surface area contributed by atoms with Gasteiger partial charge in [-0.1, -0.05) is 48.5 Å². The summed E-state index contributed by atoms with van der Waals surface area (Å²) in [5.41, 5.74) is 2.38. The average molecular weight is 559 g/mol. The van der Waals surface area contributed by atoms with Crippen LogP contribution >= 0.6 is 24.0 Å². The van der Waals surface area contributed by atoms with Crippen LogP contribution in [0.5, 0.6) is 0 Å². The number of hydrogen-bond donors (Lipinski definition) is 1. The Bertz CT molecular complexity index is 1040. The third-order valence-electron chi connectivity index (χ3n) is 6.21. The number of benzene rings is 2. The third-order valence-corrected chi connectivity index (χ3v) is 6.21. The van der Waals surface area contributed by atoms with Crippen LogP contribution in [0.3, 0.4) is 0 Å². The lowest BCUT2D eigenvalue weighted by Crippen LogP contribution is -2.50. The van der Waals surface area contributed by atoms with Gasteiger partial charge in [0.2, 0.25) is 0 Å². The molecule has 0 radical (unpaired) electrons. The van der Waals surface area contributed by atoms with Gasteiger partial charge in [0.25, 0.3) is 0 Å². The molecular formula is C24H30IN7O. The van der Waals surface area contributed by atoms with Crippen molar-refractivity contribution in [3.05, 3.63) is 78.4 Å². The van der Waals surface area contributed by atoms with Crippen LogP contribution in [0.15, 0.2) is 72.0 Å². The summed E-state index contributed by atoms with van der Waals surface area (Å²) < 4.78 is 8.12. The topological polar surface area (TPSA) is 70.8 Å². The van der Waals surface area contributed by atoms with Crippen LogP contribution in [0, 0.1) is 0 Å². The number of rotatable bonds is 5. The highest BCUT2D eigenvalue weighted by molar-refractivity contribution is 14.0. The molecule has 5 rings (SSSR count). The molecule has 2 fully saturated rings. The van der Waals surface area contributed by atoms with E-state index in [1.807, 2.05) is 41.9 Å². The van der Waals surface area contributed by atoms with Crippen molar-refractivity contribution in [2.24, 2.45) is 4.99 Å². The SMILES string of the molecule is CN=C(NCc1nncn1-c1ccccc1)N1CC2OCCN(Cc3ccccc3)C2C1.I. The standard InChI is InChI=1S/C24H29N7O.HI/c1-25-24(26-14-23-28-27-18-31(23)20-10-6-3-7-11-20)30-16-21-22(17-30)32-13-12-29(21)15-19-8-4-2-5-9-19;/h2-11,18,21-22H,12-17H2,1H3,(H,25,26);1H. The van der Waals surface area contributed by atoms with Gasteiger partial charge in [-0.2, -0.15) is 0 Å². The Kier molecular flexibility index (Phi) is 7.94. The number of para-hydroxylation sites is 1. The molecule has 2 aliphatic rings. The number of fused-ring (bicyclic) bond motifs is 1. The first-order valence-corrected chi connectivity index (χ1v) is 11.1. The molecule has 0 spiro atoms. The summed E-state index contributed by atoms with van der Waals surface area (Å²) in [7, 11) is 1.83. The number of aliphatic imine (C=N–C) groups is 1. The number of guanidine groups is 1. The zero-order valence-corrected chi connectivity index (χ0v) is 21.1. The van der Waals surface area contributed by atoms with Gasteiger partial charge in [0.1, 0.15) is 6.33 Å². The monoisotopic (exact) mass is 559 g/mol. The molecule has 0 saturated carbocycles. The molecule has 0 aliphatic carbocycles. The summed E-state index contributed by atoms with van der Waals surface area (Å²) in [4.78, 5) is 9.38. The molecule has 1 N–H and O–H groups in total.